The standard InChI is InChI=1S/C21H19NO3S/c1-26(24,25)19-13-11-17(12-14-19)21(23)22-20-10-6-5-9-18(20)15-16-7-3-2-4-8-16/h2-14H,15H2,1H3,(H,22,23). The first-order valence-electron chi connectivity index (χ1n) is 8.17. The molecule has 0 aliphatic rings. The molecule has 0 unspecified atom stereocenters. The molecule has 26 heavy (non-hydrogen) atoms. The summed E-state index contributed by atoms with van der Waals surface area (Å²) in [5.41, 5.74) is 3.33. The number of anilines is 1. The van der Waals surface area contributed by atoms with Gasteiger partial charge in [0.25, 0.3) is 5.91 Å². The minimum atomic E-state index is -3.28. The predicted octanol–water partition coefficient (Wildman–Crippen LogP) is 3.93. The summed E-state index contributed by atoms with van der Waals surface area (Å²) in [6.45, 7) is 0. The Morgan fingerprint density at radius 2 is 1.46 bits per heavy atom. The topological polar surface area (TPSA) is 63.2 Å². The van der Waals surface area contributed by atoms with Crippen molar-refractivity contribution in [3.05, 3.63) is 95.6 Å². The van der Waals surface area contributed by atoms with Gasteiger partial charge in [0, 0.05) is 17.5 Å². The van der Waals surface area contributed by atoms with Crippen molar-refractivity contribution < 1.29 is 13.2 Å². The van der Waals surface area contributed by atoms with E-state index in [9.17, 15) is 13.2 Å². The molecule has 0 spiro atoms. The fraction of sp³-hybridized carbons (Fsp3) is 0.0952. The highest BCUT2D eigenvalue weighted by Crippen LogP contribution is 2.20. The van der Waals surface area contributed by atoms with Crippen molar-refractivity contribution in [1.82, 2.24) is 0 Å². The molecule has 1 amide bonds. The number of benzene rings is 3. The summed E-state index contributed by atoms with van der Waals surface area (Å²) in [5.74, 6) is -0.273. The second-order valence-corrected chi connectivity index (χ2v) is 8.09. The second-order valence-electron chi connectivity index (χ2n) is 6.07. The van der Waals surface area contributed by atoms with Gasteiger partial charge in [0.1, 0.15) is 0 Å². The van der Waals surface area contributed by atoms with Gasteiger partial charge in [-0.25, -0.2) is 8.42 Å². The number of rotatable bonds is 5. The van der Waals surface area contributed by atoms with E-state index in [-0.39, 0.29) is 10.8 Å². The first-order chi connectivity index (χ1) is 12.4. The van der Waals surface area contributed by atoms with Crippen molar-refractivity contribution in [1.29, 1.82) is 0 Å². The largest absolute Gasteiger partial charge is 0.322 e. The number of carbonyl (C=O) groups is 1. The van der Waals surface area contributed by atoms with Crippen molar-refractivity contribution >= 4 is 21.4 Å². The molecule has 0 saturated carbocycles. The number of sulfone groups is 1. The van der Waals surface area contributed by atoms with E-state index in [0.717, 1.165) is 23.1 Å². The molecule has 4 nitrogen and oxygen atoms in total. The van der Waals surface area contributed by atoms with Crippen LogP contribution in [-0.2, 0) is 16.3 Å². The molecule has 3 rings (SSSR count). The van der Waals surface area contributed by atoms with Crippen LogP contribution in [-0.4, -0.2) is 20.6 Å². The van der Waals surface area contributed by atoms with Gasteiger partial charge in [0.15, 0.2) is 9.84 Å². The zero-order valence-electron chi connectivity index (χ0n) is 14.3. The van der Waals surface area contributed by atoms with Crippen LogP contribution in [0.3, 0.4) is 0 Å². The Morgan fingerprint density at radius 3 is 2.12 bits per heavy atom. The Morgan fingerprint density at radius 1 is 0.846 bits per heavy atom. The lowest BCUT2D eigenvalue weighted by atomic mass is 10.0. The maximum Gasteiger partial charge on any atom is 0.255 e. The molecule has 0 heterocycles. The third-order valence-electron chi connectivity index (χ3n) is 4.05. The van der Waals surface area contributed by atoms with Crippen LogP contribution in [0.5, 0.6) is 0 Å². The van der Waals surface area contributed by atoms with Crippen molar-refractivity contribution in [2.24, 2.45) is 0 Å². The highest BCUT2D eigenvalue weighted by molar-refractivity contribution is 7.90. The highest BCUT2D eigenvalue weighted by Gasteiger charge is 2.12. The SMILES string of the molecule is CS(=O)(=O)c1ccc(C(=O)Nc2ccccc2Cc2ccccc2)cc1. The lowest BCUT2D eigenvalue weighted by molar-refractivity contribution is 0.102. The van der Waals surface area contributed by atoms with Gasteiger partial charge in [0.2, 0.25) is 0 Å². The third kappa shape index (κ3) is 4.37. The van der Waals surface area contributed by atoms with E-state index in [2.05, 4.69) is 5.32 Å². The fourth-order valence-electron chi connectivity index (χ4n) is 2.66. The maximum absolute atomic E-state index is 12.5. The number of para-hydroxylation sites is 1. The van der Waals surface area contributed by atoms with Gasteiger partial charge >= 0.3 is 0 Å². The van der Waals surface area contributed by atoms with E-state index in [0.29, 0.717) is 12.0 Å². The molecule has 0 saturated heterocycles. The smallest absolute Gasteiger partial charge is 0.255 e. The Bertz CT molecular complexity index is 1010. The first kappa shape index (κ1) is 17.9. The Kier molecular flexibility index (Phi) is 5.19. The van der Waals surface area contributed by atoms with Gasteiger partial charge in [-0.15, -0.1) is 0 Å². The van der Waals surface area contributed by atoms with Crippen LogP contribution in [0.25, 0.3) is 0 Å². The van der Waals surface area contributed by atoms with Crippen LogP contribution in [0.15, 0.2) is 83.8 Å². The van der Waals surface area contributed by atoms with E-state index >= 15 is 0 Å². The molecule has 0 atom stereocenters. The van der Waals surface area contributed by atoms with Crippen molar-refractivity contribution in [2.45, 2.75) is 11.3 Å². The highest BCUT2D eigenvalue weighted by atomic mass is 32.2. The number of amides is 1. The number of hydrogen-bond donors (Lipinski definition) is 1. The summed E-state index contributed by atoms with van der Waals surface area (Å²) in [5, 5.41) is 2.92. The van der Waals surface area contributed by atoms with Gasteiger partial charge in [-0.1, -0.05) is 48.5 Å². The van der Waals surface area contributed by atoms with E-state index in [1.165, 1.54) is 24.3 Å². The van der Waals surface area contributed by atoms with E-state index in [1.807, 2.05) is 54.6 Å². The van der Waals surface area contributed by atoms with E-state index in [1.54, 1.807) is 0 Å². The Balaban J connectivity index is 1.79. The zero-order chi connectivity index (χ0) is 18.6. The Hall–Kier alpha value is -2.92. The summed E-state index contributed by atoms with van der Waals surface area (Å²) >= 11 is 0. The Labute approximate surface area is 153 Å². The quantitative estimate of drug-likeness (QED) is 0.745. The molecule has 0 aliphatic carbocycles. The third-order valence-corrected chi connectivity index (χ3v) is 5.18. The number of hydrogen-bond acceptors (Lipinski definition) is 3. The van der Waals surface area contributed by atoms with Gasteiger partial charge < -0.3 is 5.32 Å². The monoisotopic (exact) mass is 365 g/mol. The fourth-order valence-corrected chi connectivity index (χ4v) is 3.29. The molecule has 5 heteroatoms. The van der Waals surface area contributed by atoms with Gasteiger partial charge in [0.05, 0.1) is 4.90 Å². The first-order valence-corrected chi connectivity index (χ1v) is 10.1. The van der Waals surface area contributed by atoms with Crippen LogP contribution >= 0.6 is 0 Å². The van der Waals surface area contributed by atoms with Gasteiger partial charge in [-0.05, 0) is 47.9 Å². The molecule has 132 valence electrons. The average Bonchev–Trinajstić information content (AvgIpc) is 2.63. The lowest BCUT2D eigenvalue weighted by Crippen LogP contribution is -2.13. The van der Waals surface area contributed by atoms with Gasteiger partial charge in [-0.2, -0.15) is 0 Å². The van der Waals surface area contributed by atoms with Crippen LogP contribution in [0, 0.1) is 0 Å². The van der Waals surface area contributed by atoms with Crippen LogP contribution < -0.4 is 5.32 Å². The number of nitrogens with one attached hydrogen (secondary N) is 1. The molecule has 0 aliphatic heterocycles. The summed E-state index contributed by atoms with van der Waals surface area (Å²) in [7, 11) is -3.28. The molecule has 0 fully saturated rings. The molecule has 0 bridgehead atoms. The van der Waals surface area contributed by atoms with E-state index < -0.39 is 9.84 Å². The number of carbonyl (C=O) groups excluding carboxylic acids is 1. The van der Waals surface area contributed by atoms with Crippen LogP contribution in [0.1, 0.15) is 21.5 Å². The van der Waals surface area contributed by atoms with Crippen molar-refractivity contribution in [2.75, 3.05) is 11.6 Å². The molecule has 3 aromatic carbocycles. The molecule has 3 aromatic rings. The lowest BCUT2D eigenvalue weighted by Gasteiger charge is -2.11. The minimum Gasteiger partial charge on any atom is -0.322 e. The summed E-state index contributed by atoms with van der Waals surface area (Å²) in [6, 6.07) is 23.6. The summed E-state index contributed by atoms with van der Waals surface area (Å²) in [6.07, 6.45) is 1.85. The van der Waals surface area contributed by atoms with E-state index in [4.69, 9.17) is 0 Å². The molecular formula is C21H19NO3S. The van der Waals surface area contributed by atoms with Crippen molar-refractivity contribution in [3.63, 3.8) is 0 Å². The second kappa shape index (κ2) is 7.54. The van der Waals surface area contributed by atoms with Crippen LogP contribution in [0.2, 0.25) is 0 Å². The van der Waals surface area contributed by atoms with Crippen LogP contribution in [0.4, 0.5) is 5.69 Å². The zero-order valence-corrected chi connectivity index (χ0v) is 15.2. The molecule has 0 radical (unpaired) electrons. The summed E-state index contributed by atoms with van der Waals surface area (Å²) < 4.78 is 23.0. The summed E-state index contributed by atoms with van der Waals surface area (Å²) in [4.78, 5) is 12.7. The molecule has 1 N–H and O–H groups in total. The average molecular weight is 365 g/mol. The predicted molar refractivity (Wildman–Crippen MR) is 103 cm³/mol. The molecular weight excluding hydrogens is 346 g/mol. The van der Waals surface area contributed by atoms with Crippen molar-refractivity contribution in [3.8, 4) is 0 Å². The maximum atomic E-state index is 12.5. The normalized spacial score (nSPS) is 11.1. The van der Waals surface area contributed by atoms with Gasteiger partial charge in [-0.3, -0.25) is 4.79 Å². The molecule has 0 aromatic heterocycles. The minimum absolute atomic E-state index is 0.193.